The molecule has 0 bridgehead atoms. The number of aromatic nitrogens is 2. The molecule has 0 spiro atoms. The number of sulfone groups is 1. The molecule has 1 aliphatic heterocycles. The van der Waals surface area contributed by atoms with Gasteiger partial charge in [0.2, 0.25) is 5.89 Å². The maximum atomic E-state index is 11.4. The van der Waals surface area contributed by atoms with Gasteiger partial charge < -0.3 is 9.84 Å². The molecule has 0 radical (unpaired) electrons. The molecule has 18 heavy (non-hydrogen) atoms. The van der Waals surface area contributed by atoms with Gasteiger partial charge in [-0.2, -0.15) is 4.98 Å². The number of nitrogens with zero attached hydrogens (tertiary/aromatic N) is 2. The summed E-state index contributed by atoms with van der Waals surface area (Å²) in [5.41, 5.74) is 0. The Kier molecular flexibility index (Phi) is 4.01. The minimum absolute atomic E-state index is 0.00390. The van der Waals surface area contributed by atoms with Gasteiger partial charge in [0.1, 0.15) is 0 Å². The van der Waals surface area contributed by atoms with E-state index in [-0.39, 0.29) is 23.5 Å². The first-order chi connectivity index (χ1) is 8.52. The topological polar surface area (TPSA) is 85.1 Å². The van der Waals surface area contributed by atoms with Gasteiger partial charge >= 0.3 is 0 Å². The monoisotopic (exact) mass is 273 g/mol. The fraction of sp³-hybridized carbons (Fsp3) is 0.818. The highest BCUT2D eigenvalue weighted by Crippen LogP contribution is 2.27. The van der Waals surface area contributed by atoms with Crippen molar-refractivity contribution in [2.75, 3.05) is 18.1 Å². The van der Waals surface area contributed by atoms with Crippen LogP contribution >= 0.6 is 0 Å². The molecule has 102 valence electrons. The molecule has 1 aromatic heterocycles. The molecule has 1 fully saturated rings. The van der Waals surface area contributed by atoms with E-state index in [2.05, 4.69) is 22.4 Å². The van der Waals surface area contributed by atoms with Crippen LogP contribution in [0.25, 0.3) is 0 Å². The lowest BCUT2D eigenvalue weighted by Gasteiger charge is -2.07. The maximum Gasteiger partial charge on any atom is 0.243 e. The van der Waals surface area contributed by atoms with Crippen LogP contribution in [-0.2, 0) is 9.84 Å². The van der Waals surface area contributed by atoms with Crippen LogP contribution in [0, 0.1) is 0 Å². The highest BCUT2D eigenvalue weighted by molar-refractivity contribution is 7.91. The molecule has 2 atom stereocenters. The van der Waals surface area contributed by atoms with E-state index in [1.807, 2.05) is 6.92 Å². The lowest BCUT2D eigenvalue weighted by molar-refractivity contribution is 0.335. The van der Waals surface area contributed by atoms with E-state index in [1.165, 1.54) is 0 Å². The number of rotatable bonds is 5. The summed E-state index contributed by atoms with van der Waals surface area (Å²) in [6.07, 6.45) is 1.63. The first-order valence-corrected chi connectivity index (χ1v) is 8.11. The third kappa shape index (κ3) is 3.08. The second-order valence-corrected chi connectivity index (χ2v) is 7.00. The van der Waals surface area contributed by atoms with Crippen molar-refractivity contribution < 1.29 is 12.9 Å². The van der Waals surface area contributed by atoms with Crippen molar-refractivity contribution in [1.29, 1.82) is 0 Å². The third-order valence-corrected chi connectivity index (χ3v) is 4.89. The van der Waals surface area contributed by atoms with Crippen molar-refractivity contribution in [1.82, 2.24) is 15.5 Å². The van der Waals surface area contributed by atoms with Gasteiger partial charge in [-0.25, -0.2) is 8.42 Å². The van der Waals surface area contributed by atoms with Crippen LogP contribution in [0.15, 0.2) is 4.52 Å². The lowest BCUT2D eigenvalue weighted by atomic mass is 10.1. The molecule has 7 heteroatoms. The fourth-order valence-electron chi connectivity index (χ4n) is 2.04. The second-order valence-electron chi connectivity index (χ2n) is 4.77. The summed E-state index contributed by atoms with van der Waals surface area (Å²) in [5, 5.41) is 7.16. The molecular formula is C11H19N3O3S. The normalized spacial score (nSPS) is 24.2. The molecule has 1 aromatic rings. The standard InChI is InChI=1S/C11H19N3O3S/c1-3-5-12-8(2)11-13-10(14-17-11)9-4-6-18(15,16)7-9/h8-9,12H,3-7H2,1-2H3. The average Bonchev–Trinajstić information content (AvgIpc) is 2.92. The SMILES string of the molecule is CCCNC(C)c1nc(C2CCS(=O)(=O)C2)no1. The van der Waals surface area contributed by atoms with Crippen molar-refractivity contribution in [3.05, 3.63) is 11.7 Å². The molecule has 1 saturated heterocycles. The zero-order valence-electron chi connectivity index (χ0n) is 10.7. The van der Waals surface area contributed by atoms with Gasteiger partial charge in [0.05, 0.1) is 17.5 Å². The summed E-state index contributed by atoms with van der Waals surface area (Å²) in [4.78, 5) is 4.31. The van der Waals surface area contributed by atoms with Crippen molar-refractivity contribution >= 4 is 9.84 Å². The highest BCUT2D eigenvalue weighted by Gasteiger charge is 2.32. The Balaban J connectivity index is 2.02. The Morgan fingerprint density at radius 2 is 2.33 bits per heavy atom. The molecule has 1 N–H and O–H groups in total. The van der Waals surface area contributed by atoms with Gasteiger partial charge in [-0.1, -0.05) is 12.1 Å². The Morgan fingerprint density at radius 1 is 1.56 bits per heavy atom. The minimum Gasteiger partial charge on any atom is -0.338 e. The van der Waals surface area contributed by atoms with Gasteiger partial charge in [-0.15, -0.1) is 0 Å². The summed E-state index contributed by atoms with van der Waals surface area (Å²) in [6.45, 7) is 4.93. The quantitative estimate of drug-likeness (QED) is 0.862. The molecule has 2 unspecified atom stereocenters. The van der Waals surface area contributed by atoms with E-state index in [1.54, 1.807) is 0 Å². The van der Waals surface area contributed by atoms with Crippen molar-refractivity contribution in [3.63, 3.8) is 0 Å². The number of hydrogen-bond acceptors (Lipinski definition) is 6. The molecule has 2 heterocycles. The molecule has 0 aliphatic carbocycles. The van der Waals surface area contributed by atoms with Gasteiger partial charge in [-0.3, -0.25) is 0 Å². The lowest BCUT2D eigenvalue weighted by Crippen LogP contribution is -2.19. The first-order valence-electron chi connectivity index (χ1n) is 6.29. The number of nitrogens with one attached hydrogen (secondary N) is 1. The minimum atomic E-state index is -2.91. The van der Waals surface area contributed by atoms with E-state index in [0.29, 0.717) is 18.1 Å². The Hall–Kier alpha value is -0.950. The third-order valence-electron chi connectivity index (χ3n) is 3.13. The van der Waals surface area contributed by atoms with E-state index >= 15 is 0 Å². The molecular weight excluding hydrogens is 254 g/mol. The second kappa shape index (κ2) is 5.36. The van der Waals surface area contributed by atoms with E-state index in [4.69, 9.17) is 4.52 Å². The van der Waals surface area contributed by atoms with Gasteiger partial charge in [0.25, 0.3) is 0 Å². The summed E-state index contributed by atoms with van der Waals surface area (Å²) in [5.74, 6) is 1.32. The van der Waals surface area contributed by atoms with Crippen LogP contribution in [0.3, 0.4) is 0 Å². The molecule has 0 aromatic carbocycles. The van der Waals surface area contributed by atoms with Gasteiger partial charge in [0.15, 0.2) is 15.7 Å². The highest BCUT2D eigenvalue weighted by atomic mass is 32.2. The van der Waals surface area contributed by atoms with Crippen LogP contribution in [0.5, 0.6) is 0 Å². The Morgan fingerprint density at radius 3 is 2.94 bits per heavy atom. The largest absolute Gasteiger partial charge is 0.338 e. The predicted molar refractivity (Wildman–Crippen MR) is 67.0 cm³/mol. The average molecular weight is 273 g/mol. The van der Waals surface area contributed by atoms with Crippen LogP contribution < -0.4 is 5.32 Å². The zero-order valence-corrected chi connectivity index (χ0v) is 11.5. The maximum absolute atomic E-state index is 11.4. The first kappa shape index (κ1) is 13.5. The van der Waals surface area contributed by atoms with Crippen LogP contribution in [0.4, 0.5) is 0 Å². The summed E-state index contributed by atoms with van der Waals surface area (Å²) in [6, 6.07) is 0.00390. The summed E-state index contributed by atoms with van der Waals surface area (Å²) in [7, 11) is -2.91. The summed E-state index contributed by atoms with van der Waals surface area (Å²) >= 11 is 0. The molecule has 0 saturated carbocycles. The number of hydrogen-bond donors (Lipinski definition) is 1. The van der Waals surface area contributed by atoms with E-state index in [0.717, 1.165) is 13.0 Å². The van der Waals surface area contributed by atoms with E-state index < -0.39 is 9.84 Å². The van der Waals surface area contributed by atoms with Crippen LogP contribution in [0.2, 0.25) is 0 Å². The van der Waals surface area contributed by atoms with Crippen molar-refractivity contribution in [2.24, 2.45) is 0 Å². The van der Waals surface area contributed by atoms with Crippen LogP contribution in [0.1, 0.15) is 50.4 Å². The summed E-state index contributed by atoms with van der Waals surface area (Å²) < 4.78 is 28.0. The predicted octanol–water partition coefficient (Wildman–Crippen LogP) is 1.03. The van der Waals surface area contributed by atoms with Gasteiger partial charge in [-0.05, 0) is 26.3 Å². The molecule has 6 nitrogen and oxygen atoms in total. The van der Waals surface area contributed by atoms with Crippen LogP contribution in [-0.4, -0.2) is 36.6 Å². The Labute approximate surface area is 107 Å². The van der Waals surface area contributed by atoms with Gasteiger partial charge in [0, 0.05) is 5.92 Å². The smallest absolute Gasteiger partial charge is 0.243 e. The molecule has 2 rings (SSSR count). The molecule has 1 aliphatic rings. The Bertz CT molecular complexity index is 497. The fourth-order valence-corrected chi connectivity index (χ4v) is 3.77. The van der Waals surface area contributed by atoms with Crippen molar-refractivity contribution in [3.8, 4) is 0 Å². The van der Waals surface area contributed by atoms with E-state index in [9.17, 15) is 8.42 Å². The zero-order chi connectivity index (χ0) is 13.2. The molecule has 0 amide bonds. The van der Waals surface area contributed by atoms with Crippen molar-refractivity contribution in [2.45, 2.75) is 38.6 Å².